The fourth-order valence-corrected chi connectivity index (χ4v) is 5.00. The van der Waals surface area contributed by atoms with E-state index in [0.717, 1.165) is 28.4 Å². The highest BCUT2D eigenvalue weighted by Crippen LogP contribution is 2.40. The summed E-state index contributed by atoms with van der Waals surface area (Å²) < 4.78 is 14.1. The lowest BCUT2D eigenvalue weighted by atomic mass is 10.1. The molecule has 6 nitrogen and oxygen atoms in total. The average Bonchev–Trinajstić information content (AvgIpc) is 3.17. The molecule has 2 heterocycles. The van der Waals surface area contributed by atoms with Crippen molar-refractivity contribution in [2.24, 2.45) is 0 Å². The van der Waals surface area contributed by atoms with Gasteiger partial charge >= 0.3 is 0 Å². The van der Waals surface area contributed by atoms with Crippen LogP contribution in [0.25, 0.3) is 21.0 Å². The third kappa shape index (κ3) is 4.62. The molecule has 1 aromatic carbocycles. The van der Waals surface area contributed by atoms with E-state index in [1.165, 1.54) is 11.3 Å². The Labute approximate surface area is 187 Å². The fourth-order valence-electron chi connectivity index (χ4n) is 3.76. The van der Waals surface area contributed by atoms with Gasteiger partial charge in [-0.15, -0.1) is 11.3 Å². The quantitative estimate of drug-likeness (QED) is 0.394. The van der Waals surface area contributed by atoms with E-state index in [4.69, 9.17) is 9.47 Å². The van der Waals surface area contributed by atoms with E-state index in [2.05, 4.69) is 6.92 Å². The number of ether oxygens (including phenoxy) is 2. The fraction of sp³-hybridized carbons (Fsp3) is 0.500. The zero-order valence-electron chi connectivity index (χ0n) is 18.9. The lowest BCUT2D eigenvalue weighted by molar-refractivity contribution is 0.0768. The molecule has 3 aromatic rings. The molecule has 0 radical (unpaired) electrons. The summed E-state index contributed by atoms with van der Waals surface area (Å²) in [6.45, 7) is 11.1. The third-order valence-corrected chi connectivity index (χ3v) is 6.61. The average molecular weight is 445 g/mol. The predicted molar refractivity (Wildman–Crippen MR) is 128 cm³/mol. The highest BCUT2D eigenvalue weighted by Gasteiger charge is 2.27. The summed E-state index contributed by atoms with van der Waals surface area (Å²) in [4.78, 5) is 29.2. The second kappa shape index (κ2) is 10.8. The number of carbonyl (C=O) groups excluding carboxylic acids is 1. The molecule has 3 rings (SSSR count). The Morgan fingerprint density at radius 2 is 1.84 bits per heavy atom. The van der Waals surface area contributed by atoms with Crippen LogP contribution in [0.1, 0.15) is 50.2 Å². The number of aromatic nitrogens is 1. The van der Waals surface area contributed by atoms with E-state index in [1.54, 1.807) is 4.90 Å². The molecule has 1 amide bonds. The number of para-hydroxylation sites is 1. The van der Waals surface area contributed by atoms with Crippen molar-refractivity contribution < 1.29 is 14.3 Å². The number of aryl methyl sites for hydroxylation is 1. The molecule has 0 spiro atoms. The molecule has 0 aliphatic carbocycles. The van der Waals surface area contributed by atoms with Gasteiger partial charge in [0.1, 0.15) is 16.9 Å². The van der Waals surface area contributed by atoms with Gasteiger partial charge in [0.2, 0.25) is 0 Å². The first-order valence-electron chi connectivity index (χ1n) is 11.2. The number of benzene rings is 1. The molecule has 31 heavy (non-hydrogen) atoms. The maximum absolute atomic E-state index is 13.6. The molecule has 0 N–H and O–H groups in total. The monoisotopic (exact) mass is 444 g/mol. The van der Waals surface area contributed by atoms with Gasteiger partial charge in [-0.1, -0.05) is 31.5 Å². The molecule has 0 saturated carbocycles. The number of rotatable bonds is 11. The predicted octanol–water partition coefficient (Wildman–Crippen LogP) is 4.91. The summed E-state index contributed by atoms with van der Waals surface area (Å²) in [7, 11) is 0. The van der Waals surface area contributed by atoms with E-state index in [-0.39, 0.29) is 11.5 Å². The number of carbonyl (C=O) groups is 1. The van der Waals surface area contributed by atoms with Gasteiger partial charge in [0.05, 0.1) is 16.8 Å². The number of fused-ring (bicyclic) bond motifs is 3. The van der Waals surface area contributed by atoms with Gasteiger partial charge in [0.15, 0.2) is 5.75 Å². The van der Waals surface area contributed by atoms with Gasteiger partial charge in [-0.25, -0.2) is 0 Å². The van der Waals surface area contributed by atoms with Crippen LogP contribution in [0, 0.1) is 0 Å². The van der Waals surface area contributed by atoms with Crippen LogP contribution in [0.3, 0.4) is 0 Å². The largest absolute Gasteiger partial charge is 0.489 e. The van der Waals surface area contributed by atoms with Crippen molar-refractivity contribution in [1.29, 1.82) is 0 Å². The van der Waals surface area contributed by atoms with E-state index >= 15 is 0 Å². The summed E-state index contributed by atoms with van der Waals surface area (Å²) in [6, 6.07) is 7.92. The second-order valence-electron chi connectivity index (χ2n) is 7.31. The normalized spacial score (nSPS) is 11.4. The minimum atomic E-state index is -0.0961. The van der Waals surface area contributed by atoms with Crippen molar-refractivity contribution in [3.8, 4) is 5.75 Å². The van der Waals surface area contributed by atoms with Crippen LogP contribution < -0.4 is 10.3 Å². The highest BCUT2D eigenvalue weighted by atomic mass is 32.1. The van der Waals surface area contributed by atoms with Crippen LogP contribution in [0.4, 0.5) is 0 Å². The first-order chi connectivity index (χ1) is 15.1. The number of nitrogens with zero attached hydrogens (tertiary/aromatic N) is 2. The van der Waals surface area contributed by atoms with Gasteiger partial charge < -0.3 is 18.9 Å². The standard InChI is InChI=1S/C24H32N2O4S/c1-5-9-14-26-18-13-11-10-12-17(18)21-19(23(26)27)20(30-16-15-29-8-4)22(31-21)24(28)25(6-2)7-3/h10-13H,5-9,14-16H2,1-4H3. The molecule has 0 bridgehead atoms. The number of hydrogen-bond donors (Lipinski definition) is 0. The number of thiophene rings is 1. The number of amides is 1. The minimum Gasteiger partial charge on any atom is -0.489 e. The van der Waals surface area contributed by atoms with Gasteiger partial charge in [-0.05, 0) is 33.3 Å². The summed E-state index contributed by atoms with van der Waals surface area (Å²) in [5, 5.41) is 1.48. The first-order valence-corrected chi connectivity index (χ1v) is 12.0. The smallest absolute Gasteiger partial charge is 0.267 e. The van der Waals surface area contributed by atoms with Crippen molar-refractivity contribution in [3.05, 3.63) is 39.5 Å². The topological polar surface area (TPSA) is 60.8 Å². The van der Waals surface area contributed by atoms with Crippen molar-refractivity contribution in [2.45, 2.75) is 47.1 Å². The molecule has 0 fully saturated rings. The minimum absolute atomic E-state index is 0.0941. The third-order valence-electron chi connectivity index (χ3n) is 5.42. The Kier molecular flexibility index (Phi) is 8.09. The molecular weight excluding hydrogens is 412 g/mol. The summed E-state index contributed by atoms with van der Waals surface area (Å²) >= 11 is 1.36. The van der Waals surface area contributed by atoms with Crippen LogP contribution in [0.15, 0.2) is 29.1 Å². The molecule has 168 valence electrons. The zero-order chi connectivity index (χ0) is 22.4. The van der Waals surface area contributed by atoms with Gasteiger partial charge in [-0.3, -0.25) is 9.59 Å². The molecular formula is C24H32N2O4S. The molecule has 2 aromatic heterocycles. The summed E-state index contributed by atoms with van der Waals surface area (Å²) in [6.07, 6.45) is 1.90. The second-order valence-corrected chi connectivity index (χ2v) is 8.34. The summed E-state index contributed by atoms with van der Waals surface area (Å²) in [5.74, 6) is 0.304. The lowest BCUT2D eigenvalue weighted by Gasteiger charge is -2.18. The molecule has 0 saturated heterocycles. The number of unbranched alkanes of at least 4 members (excludes halogenated alkanes) is 1. The first kappa shape index (κ1) is 23.3. The van der Waals surface area contributed by atoms with Crippen LogP contribution in [-0.4, -0.2) is 48.3 Å². The van der Waals surface area contributed by atoms with E-state index in [1.807, 2.05) is 49.6 Å². The van der Waals surface area contributed by atoms with E-state index < -0.39 is 0 Å². The molecule has 0 aliphatic heterocycles. The van der Waals surface area contributed by atoms with Gasteiger partial charge in [0.25, 0.3) is 11.5 Å². The maximum atomic E-state index is 13.6. The van der Waals surface area contributed by atoms with Crippen LogP contribution >= 0.6 is 11.3 Å². The molecule has 7 heteroatoms. The zero-order valence-corrected chi connectivity index (χ0v) is 19.7. The van der Waals surface area contributed by atoms with Crippen molar-refractivity contribution in [3.63, 3.8) is 0 Å². The lowest BCUT2D eigenvalue weighted by Crippen LogP contribution is -2.30. The molecule has 0 atom stereocenters. The van der Waals surface area contributed by atoms with E-state index in [9.17, 15) is 9.59 Å². The van der Waals surface area contributed by atoms with Crippen molar-refractivity contribution in [1.82, 2.24) is 9.47 Å². The molecule has 0 unspecified atom stereocenters. The van der Waals surface area contributed by atoms with E-state index in [0.29, 0.717) is 55.5 Å². The number of pyridine rings is 1. The van der Waals surface area contributed by atoms with Crippen LogP contribution in [0.5, 0.6) is 5.75 Å². The Bertz CT molecular complexity index is 1100. The highest BCUT2D eigenvalue weighted by molar-refractivity contribution is 7.22. The summed E-state index contributed by atoms with van der Waals surface area (Å²) in [5.41, 5.74) is 0.806. The van der Waals surface area contributed by atoms with Gasteiger partial charge in [-0.2, -0.15) is 0 Å². The molecule has 0 aliphatic rings. The Morgan fingerprint density at radius 3 is 2.52 bits per heavy atom. The number of hydrogen-bond acceptors (Lipinski definition) is 5. The van der Waals surface area contributed by atoms with Gasteiger partial charge in [0, 0.05) is 31.6 Å². The van der Waals surface area contributed by atoms with Crippen LogP contribution in [0.2, 0.25) is 0 Å². The van der Waals surface area contributed by atoms with Crippen molar-refractivity contribution in [2.75, 3.05) is 32.9 Å². The van der Waals surface area contributed by atoms with Crippen molar-refractivity contribution >= 4 is 38.2 Å². The Hall–Kier alpha value is -2.38. The Balaban J connectivity index is 2.28. The maximum Gasteiger partial charge on any atom is 0.267 e. The SMILES string of the molecule is CCCCn1c(=O)c2c(OCCOCC)c(C(=O)N(CC)CC)sc2c2ccccc21. The van der Waals surface area contributed by atoms with Crippen LogP contribution in [-0.2, 0) is 11.3 Å². The Morgan fingerprint density at radius 1 is 1.10 bits per heavy atom.